The molecule has 0 aliphatic carbocycles. The molecule has 0 radical (unpaired) electrons. The molecule has 1 aromatic carbocycles. The lowest BCUT2D eigenvalue weighted by Gasteiger charge is -2.23. The molecule has 2 amide bonds. The Hall–Kier alpha value is -2.67. The van der Waals surface area contributed by atoms with Crippen LogP contribution in [0.2, 0.25) is 0 Å². The van der Waals surface area contributed by atoms with Crippen molar-refractivity contribution in [1.29, 1.82) is 0 Å². The van der Waals surface area contributed by atoms with Crippen molar-refractivity contribution in [3.63, 3.8) is 0 Å². The second-order valence-corrected chi connectivity index (χ2v) is 6.76. The number of carbonyl (C=O) groups is 3. The maximum atomic E-state index is 12.4. The molecule has 1 fully saturated rings. The zero-order valence-corrected chi connectivity index (χ0v) is 14.3. The van der Waals surface area contributed by atoms with Gasteiger partial charge in [0.05, 0.1) is 11.6 Å². The van der Waals surface area contributed by atoms with Crippen LogP contribution in [0.15, 0.2) is 41.8 Å². The first-order chi connectivity index (χ1) is 12.1. The first kappa shape index (κ1) is 17.2. The van der Waals surface area contributed by atoms with E-state index in [-0.39, 0.29) is 24.1 Å². The zero-order chi connectivity index (χ0) is 17.8. The summed E-state index contributed by atoms with van der Waals surface area (Å²) < 4.78 is 5.13. The van der Waals surface area contributed by atoms with Gasteiger partial charge in [0.25, 0.3) is 5.91 Å². The lowest BCUT2D eigenvalue weighted by Crippen LogP contribution is -2.34. The lowest BCUT2D eigenvalue weighted by atomic mass is 10.1. The average Bonchev–Trinajstić information content (AvgIpc) is 3.30. The minimum atomic E-state index is -0.601. The van der Waals surface area contributed by atoms with Crippen LogP contribution in [0.5, 0.6) is 0 Å². The molecule has 0 saturated carbocycles. The fraction of sp³-hybridized carbons (Fsp3) is 0.278. The molecule has 2 N–H and O–H groups in total. The van der Waals surface area contributed by atoms with Gasteiger partial charge in [-0.3, -0.25) is 9.59 Å². The van der Waals surface area contributed by atoms with Gasteiger partial charge in [-0.15, -0.1) is 11.3 Å². The molecule has 1 saturated heterocycles. The van der Waals surface area contributed by atoms with E-state index in [1.807, 2.05) is 17.5 Å². The van der Waals surface area contributed by atoms with Crippen LogP contribution in [0.25, 0.3) is 0 Å². The van der Waals surface area contributed by atoms with Crippen molar-refractivity contribution < 1.29 is 19.1 Å². The van der Waals surface area contributed by atoms with Crippen molar-refractivity contribution in [3.05, 3.63) is 57.8 Å². The summed E-state index contributed by atoms with van der Waals surface area (Å²) in [5.74, 6) is -1.36. The predicted molar refractivity (Wildman–Crippen MR) is 93.2 cm³/mol. The number of thiophene rings is 1. The van der Waals surface area contributed by atoms with Crippen LogP contribution in [0.4, 0.5) is 0 Å². The molecule has 1 aliphatic rings. The second-order valence-electron chi connectivity index (χ2n) is 5.78. The smallest absolute Gasteiger partial charge is 0.338 e. The Kier molecular flexibility index (Phi) is 5.14. The summed E-state index contributed by atoms with van der Waals surface area (Å²) in [6.07, 6.45) is 1.87. The van der Waals surface area contributed by atoms with Gasteiger partial charge in [-0.2, -0.15) is 0 Å². The van der Waals surface area contributed by atoms with E-state index in [9.17, 15) is 14.4 Å². The zero-order valence-electron chi connectivity index (χ0n) is 13.5. The third kappa shape index (κ3) is 3.88. The standard InChI is InChI=1S/C18H18N2O4S/c19-17(22)12-5-7-13(8-6-12)18(23)24-11-16(21)20-9-1-3-14(20)15-4-2-10-25-15/h2,4-8,10,14H,1,3,9,11H2,(H2,19,22). The number of nitrogens with zero attached hydrogens (tertiary/aromatic N) is 1. The van der Waals surface area contributed by atoms with E-state index in [0.29, 0.717) is 12.1 Å². The normalized spacial score (nSPS) is 16.6. The van der Waals surface area contributed by atoms with Crippen LogP contribution in [-0.4, -0.2) is 35.8 Å². The molecule has 1 aliphatic heterocycles. The summed E-state index contributed by atoms with van der Waals surface area (Å²) in [7, 11) is 0. The van der Waals surface area contributed by atoms with Gasteiger partial charge in [0, 0.05) is 17.0 Å². The van der Waals surface area contributed by atoms with Gasteiger partial charge in [0.2, 0.25) is 5.91 Å². The van der Waals surface area contributed by atoms with Gasteiger partial charge in [-0.05, 0) is 48.6 Å². The van der Waals surface area contributed by atoms with E-state index < -0.39 is 11.9 Å². The summed E-state index contributed by atoms with van der Waals surface area (Å²) in [6, 6.07) is 9.88. The summed E-state index contributed by atoms with van der Waals surface area (Å²) in [5.41, 5.74) is 5.74. The van der Waals surface area contributed by atoms with Gasteiger partial charge in [0.15, 0.2) is 6.61 Å². The topological polar surface area (TPSA) is 89.7 Å². The molecule has 0 bridgehead atoms. The van der Waals surface area contributed by atoms with E-state index in [1.165, 1.54) is 24.3 Å². The predicted octanol–water partition coefficient (Wildman–Crippen LogP) is 2.37. The third-order valence-electron chi connectivity index (χ3n) is 4.18. The first-order valence-electron chi connectivity index (χ1n) is 7.96. The van der Waals surface area contributed by atoms with E-state index in [0.717, 1.165) is 17.7 Å². The molecule has 1 atom stereocenters. The highest BCUT2D eigenvalue weighted by Gasteiger charge is 2.31. The van der Waals surface area contributed by atoms with Crippen molar-refractivity contribution in [2.75, 3.05) is 13.2 Å². The van der Waals surface area contributed by atoms with Crippen molar-refractivity contribution >= 4 is 29.1 Å². The number of primary amides is 1. The Labute approximate surface area is 149 Å². The maximum Gasteiger partial charge on any atom is 0.338 e. The van der Waals surface area contributed by atoms with Gasteiger partial charge in [-0.25, -0.2) is 4.79 Å². The molecule has 25 heavy (non-hydrogen) atoms. The number of likely N-dealkylation sites (tertiary alicyclic amines) is 1. The van der Waals surface area contributed by atoms with E-state index >= 15 is 0 Å². The quantitative estimate of drug-likeness (QED) is 0.831. The number of ether oxygens (including phenoxy) is 1. The summed E-state index contributed by atoms with van der Waals surface area (Å²) in [6.45, 7) is 0.380. The lowest BCUT2D eigenvalue weighted by molar-refractivity contribution is -0.135. The van der Waals surface area contributed by atoms with Gasteiger partial charge in [0.1, 0.15) is 0 Å². The minimum absolute atomic E-state index is 0.0704. The monoisotopic (exact) mass is 358 g/mol. The molecular weight excluding hydrogens is 340 g/mol. The molecule has 1 aromatic heterocycles. The molecule has 0 spiro atoms. The largest absolute Gasteiger partial charge is 0.452 e. The van der Waals surface area contributed by atoms with Gasteiger partial charge < -0.3 is 15.4 Å². The van der Waals surface area contributed by atoms with Crippen LogP contribution in [-0.2, 0) is 9.53 Å². The number of hydrogen-bond donors (Lipinski definition) is 1. The van der Waals surface area contributed by atoms with Crippen LogP contribution in [0.3, 0.4) is 0 Å². The van der Waals surface area contributed by atoms with Crippen LogP contribution < -0.4 is 5.73 Å². The molecule has 7 heteroatoms. The number of rotatable bonds is 5. The molecule has 130 valence electrons. The van der Waals surface area contributed by atoms with Crippen molar-refractivity contribution in [2.24, 2.45) is 5.73 Å². The number of nitrogens with two attached hydrogens (primary N) is 1. The Bertz CT molecular complexity index is 771. The number of benzene rings is 1. The Morgan fingerprint density at radius 3 is 2.52 bits per heavy atom. The number of esters is 1. The van der Waals surface area contributed by atoms with E-state index in [2.05, 4.69) is 0 Å². The number of carbonyl (C=O) groups excluding carboxylic acids is 3. The molecule has 2 aromatic rings. The molecule has 3 rings (SSSR count). The number of amides is 2. The fourth-order valence-electron chi connectivity index (χ4n) is 2.91. The summed E-state index contributed by atoms with van der Waals surface area (Å²) in [4.78, 5) is 38.4. The maximum absolute atomic E-state index is 12.4. The fourth-order valence-corrected chi connectivity index (χ4v) is 3.78. The highest BCUT2D eigenvalue weighted by Crippen LogP contribution is 2.34. The van der Waals surface area contributed by atoms with E-state index in [1.54, 1.807) is 16.2 Å². The Balaban J connectivity index is 1.58. The first-order valence-corrected chi connectivity index (χ1v) is 8.84. The summed E-state index contributed by atoms with van der Waals surface area (Å²) >= 11 is 1.63. The molecule has 1 unspecified atom stereocenters. The Morgan fingerprint density at radius 2 is 1.88 bits per heavy atom. The van der Waals surface area contributed by atoms with Crippen LogP contribution >= 0.6 is 11.3 Å². The van der Waals surface area contributed by atoms with Crippen LogP contribution in [0.1, 0.15) is 44.5 Å². The second kappa shape index (κ2) is 7.48. The van der Waals surface area contributed by atoms with Gasteiger partial charge >= 0.3 is 5.97 Å². The third-order valence-corrected chi connectivity index (χ3v) is 5.15. The van der Waals surface area contributed by atoms with Crippen molar-refractivity contribution in [1.82, 2.24) is 4.90 Å². The van der Waals surface area contributed by atoms with Crippen molar-refractivity contribution in [2.45, 2.75) is 18.9 Å². The highest BCUT2D eigenvalue weighted by atomic mass is 32.1. The average molecular weight is 358 g/mol. The Morgan fingerprint density at radius 1 is 1.16 bits per heavy atom. The molecule has 6 nitrogen and oxygen atoms in total. The number of hydrogen-bond acceptors (Lipinski definition) is 5. The van der Waals surface area contributed by atoms with E-state index in [4.69, 9.17) is 10.5 Å². The van der Waals surface area contributed by atoms with Crippen LogP contribution in [0, 0.1) is 0 Å². The SMILES string of the molecule is NC(=O)c1ccc(C(=O)OCC(=O)N2CCCC2c2cccs2)cc1. The van der Waals surface area contributed by atoms with Crippen molar-refractivity contribution in [3.8, 4) is 0 Å². The van der Waals surface area contributed by atoms with Gasteiger partial charge in [-0.1, -0.05) is 6.07 Å². The molecular formula is C18H18N2O4S. The summed E-state index contributed by atoms with van der Waals surface area (Å²) in [5, 5.41) is 1.99. The highest BCUT2D eigenvalue weighted by molar-refractivity contribution is 7.10. The minimum Gasteiger partial charge on any atom is -0.452 e. The molecule has 2 heterocycles.